The van der Waals surface area contributed by atoms with Crippen LogP contribution in [0.15, 0.2) is 30.3 Å². The summed E-state index contributed by atoms with van der Waals surface area (Å²) in [6, 6.07) is 4.17. The fraction of sp³-hybridized carbons (Fsp3) is 0.645. The van der Waals surface area contributed by atoms with E-state index < -0.39 is 59.8 Å². The molecule has 43 heavy (non-hydrogen) atoms. The lowest BCUT2D eigenvalue weighted by atomic mass is 9.97. The zero-order valence-electron chi connectivity index (χ0n) is 26.5. The summed E-state index contributed by atoms with van der Waals surface area (Å²) in [6.45, 7) is 10.9. The van der Waals surface area contributed by atoms with E-state index in [0.29, 0.717) is 18.6 Å². The van der Waals surface area contributed by atoms with Gasteiger partial charge < -0.3 is 32.1 Å². The van der Waals surface area contributed by atoms with Gasteiger partial charge in [0.05, 0.1) is 6.04 Å². The van der Waals surface area contributed by atoms with Gasteiger partial charge in [0.2, 0.25) is 23.6 Å². The van der Waals surface area contributed by atoms with Crippen molar-refractivity contribution in [2.45, 2.75) is 97.4 Å². The highest BCUT2D eigenvalue weighted by Crippen LogP contribution is 2.12. The van der Waals surface area contributed by atoms with Crippen LogP contribution in [0.25, 0.3) is 0 Å². The minimum atomic E-state index is -1.15. The number of carboxylic acid groups (broad SMARTS) is 1. The van der Waals surface area contributed by atoms with Crippen molar-refractivity contribution < 1.29 is 29.1 Å². The normalized spacial score (nSPS) is 15.5. The van der Waals surface area contributed by atoms with E-state index >= 15 is 0 Å². The Kier molecular flexibility index (Phi) is 16.9. The van der Waals surface area contributed by atoms with Gasteiger partial charge in [-0.15, -0.1) is 0 Å². The summed E-state index contributed by atoms with van der Waals surface area (Å²) in [4.78, 5) is 65.0. The molecule has 242 valence electrons. The average Bonchev–Trinajstić information content (AvgIpc) is 2.95. The Labute approximate surface area is 260 Å². The number of hydrogen-bond acceptors (Lipinski definition) is 7. The smallest absolute Gasteiger partial charge is 0.326 e. The summed E-state index contributed by atoms with van der Waals surface area (Å²) in [5, 5.41) is 20.5. The van der Waals surface area contributed by atoms with E-state index in [9.17, 15) is 29.1 Å². The lowest BCUT2D eigenvalue weighted by Crippen LogP contribution is -2.60. The number of hydrogen-bond donors (Lipinski definition) is 6. The van der Waals surface area contributed by atoms with Crippen LogP contribution in [-0.4, -0.2) is 76.9 Å². The van der Waals surface area contributed by atoms with Crippen molar-refractivity contribution in [1.29, 1.82) is 0 Å². The van der Waals surface area contributed by atoms with Gasteiger partial charge in [0.1, 0.15) is 24.2 Å². The number of carbonyl (C=O) groups is 5. The summed E-state index contributed by atoms with van der Waals surface area (Å²) in [5.74, 6) is -3.28. The molecule has 0 aliphatic carbocycles. The number of carboxylic acids is 1. The molecule has 12 heteroatoms. The summed E-state index contributed by atoms with van der Waals surface area (Å²) in [7, 11) is 0. The van der Waals surface area contributed by atoms with Crippen LogP contribution in [0.2, 0.25) is 0 Å². The monoisotopic (exact) mass is 621 g/mol. The third kappa shape index (κ3) is 13.4. The molecular formula is C31H51N5O6S. The molecule has 0 unspecified atom stereocenters. The topological polar surface area (TPSA) is 180 Å². The van der Waals surface area contributed by atoms with Crippen molar-refractivity contribution in [2.75, 3.05) is 12.0 Å². The van der Waals surface area contributed by atoms with Crippen molar-refractivity contribution >= 4 is 41.4 Å². The van der Waals surface area contributed by atoms with E-state index in [1.807, 2.05) is 57.4 Å². The Morgan fingerprint density at radius 1 is 0.814 bits per heavy atom. The fourth-order valence-electron chi connectivity index (χ4n) is 4.40. The first-order valence-electron chi connectivity index (χ1n) is 14.9. The second-order valence-electron chi connectivity index (χ2n) is 11.8. The third-order valence-electron chi connectivity index (χ3n) is 7.25. The minimum absolute atomic E-state index is 0.000872. The van der Waals surface area contributed by atoms with Crippen LogP contribution >= 0.6 is 11.8 Å². The predicted molar refractivity (Wildman–Crippen MR) is 170 cm³/mol. The second kappa shape index (κ2) is 19.2. The minimum Gasteiger partial charge on any atom is -0.480 e. The SMILES string of the molecule is CC[C@H](C)[C@H](NC(=O)[C@H](CC(C)C)NC(=O)[C@H](Cc1ccccc1)NC(=O)[C@@H](NC(=O)[C@@H](N)CCSC)C(C)C)C(=O)O. The van der Waals surface area contributed by atoms with Gasteiger partial charge in [-0.25, -0.2) is 4.79 Å². The van der Waals surface area contributed by atoms with Crippen molar-refractivity contribution in [3.63, 3.8) is 0 Å². The number of thioether (sulfide) groups is 1. The molecule has 11 nitrogen and oxygen atoms in total. The lowest BCUT2D eigenvalue weighted by molar-refractivity contribution is -0.144. The van der Waals surface area contributed by atoms with Crippen LogP contribution in [0, 0.1) is 17.8 Å². The number of rotatable bonds is 19. The first-order valence-corrected chi connectivity index (χ1v) is 16.3. The van der Waals surface area contributed by atoms with Gasteiger partial charge in [-0.2, -0.15) is 11.8 Å². The molecule has 1 aromatic carbocycles. The molecule has 0 aliphatic heterocycles. The van der Waals surface area contributed by atoms with Gasteiger partial charge >= 0.3 is 5.97 Å². The highest BCUT2D eigenvalue weighted by molar-refractivity contribution is 7.98. The Morgan fingerprint density at radius 2 is 1.37 bits per heavy atom. The van der Waals surface area contributed by atoms with Crippen molar-refractivity contribution in [3.8, 4) is 0 Å². The fourth-order valence-corrected chi connectivity index (χ4v) is 4.89. The predicted octanol–water partition coefficient (Wildman–Crippen LogP) is 2.08. The van der Waals surface area contributed by atoms with Gasteiger partial charge in [0.15, 0.2) is 0 Å². The number of benzene rings is 1. The molecule has 6 atom stereocenters. The molecule has 0 saturated carbocycles. The Morgan fingerprint density at radius 3 is 1.88 bits per heavy atom. The zero-order valence-corrected chi connectivity index (χ0v) is 27.3. The van der Waals surface area contributed by atoms with E-state index in [0.717, 1.165) is 5.56 Å². The maximum atomic E-state index is 13.7. The molecule has 0 fully saturated rings. The first kappa shape index (κ1) is 37.9. The highest BCUT2D eigenvalue weighted by Gasteiger charge is 2.34. The summed E-state index contributed by atoms with van der Waals surface area (Å²) < 4.78 is 0. The van der Waals surface area contributed by atoms with Gasteiger partial charge in [0, 0.05) is 6.42 Å². The zero-order chi connectivity index (χ0) is 32.7. The number of nitrogens with two attached hydrogens (primary N) is 1. The molecule has 4 amide bonds. The van der Waals surface area contributed by atoms with E-state index in [4.69, 9.17) is 5.73 Å². The maximum Gasteiger partial charge on any atom is 0.326 e. The number of nitrogens with one attached hydrogen (secondary N) is 4. The average molecular weight is 622 g/mol. The molecule has 0 aliphatic rings. The summed E-state index contributed by atoms with van der Waals surface area (Å²) in [6.07, 6.45) is 3.30. The van der Waals surface area contributed by atoms with Crippen LogP contribution in [0.4, 0.5) is 0 Å². The van der Waals surface area contributed by atoms with Gasteiger partial charge in [-0.3, -0.25) is 19.2 Å². The largest absolute Gasteiger partial charge is 0.480 e. The maximum absolute atomic E-state index is 13.7. The number of amides is 4. The van der Waals surface area contributed by atoms with Crippen molar-refractivity contribution in [3.05, 3.63) is 35.9 Å². The van der Waals surface area contributed by atoms with Crippen LogP contribution in [0.3, 0.4) is 0 Å². The van der Waals surface area contributed by atoms with Crippen LogP contribution in [-0.2, 0) is 30.4 Å². The molecule has 0 aromatic heterocycles. The van der Waals surface area contributed by atoms with Gasteiger partial charge in [0.25, 0.3) is 0 Å². The lowest BCUT2D eigenvalue weighted by Gasteiger charge is -2.29. The molecule has 0 heterocycles. The summed E-state index contributed by atoms with van der Waals surface area (Å²) in [5.41, 5.74) is 6.79. The Hall–Kier alpha value is -3.12. The van der Waals surface area contributed by atoms with E-state index in [1.54, 1.807) is 32.5 Å². The van der Waals surface area contributed by atoms with Gasteiger partial charge in [-0.1, -0.05) is 78.3 Å². The van der Waals surface area contributed by atoms with Crippen molar-refractivity contribution in [1.82, 2.24) is 21.3 Å². The van der Waals surface area contributed by atoms with Crippen LogP contribution in [0.5, 0.6) is 0 Å². The third-order valence-corrected chi connectivity index (χ3v) is 7.89. The van der Waals surface area contributed by atoms with Crippen LogP contribution < -0.4 is 27.0 Å². The molecule has 1 aromatic rings. The molecule has 0 spiro atoms. The molecule has 1 rings (SSSR count). The number of aliphatic carboxylic acids is 1. The van der Waals surface area contributed by atoms with Gasteiger partial charge in [-0.05, 0) is 48.2 Å². The summed E-state index contributed by atoms with van der Waals surface area (Å²) >= 11 is 1.57. The second-order valence-corrected chi connectivity index (χ2v) is 12.8. The molecule has 0 radical (unpaired) electrons. The quantitative estimate of drug-likeness (QED) is 0.136. The highest BCUT2D eigenvalue weighted by atomic mass is 32.2. The molecule has 7 N–H and O–H groups in total. The van der Waals surface area contributed by atoms with E-state index in [-0.39, 0.29) is 30.6 Å². The van der Waals surface area contributed by atoms with Crippen molar-refractivity contribution in [2.24, 2.45) is 23.5 Å². The van der Waals surface area contributed by atoms with E-state index in [2.05, 4.69) is 21.3 Å². The number of carbonyl (C=O) groups excluding carboxylic acids is 4. The Bertz CT molecular complexity index is 1050. The van der Waals surface area contributed by atoms with E-state index in [1.165, 1.54) is 0 Å². The molecular weight excluding hydrogens is 570 g/mol. The molecule has 0 saturated heterocycles. The Balaban J connectivity index is 3.24. The standard InChI is InChI=1S/C31H51N5O6S/c1-8-20(6)26(31(41)42)36-29(39)23(16-18(2)3)33-28(38)24(17-21-12-10-9-11-13-21)34-30(40)25(19(4)5)35-27(37)22(32)14-15-43-7/h9-13,18-20,22-26H,8,14-17,32H2,1-7H3,(H,33,38)(H,34,40)(H,35,37)(H,36,39)(H,41,42)/t20-,22-,23-,24-,25-,26-/m0/s1. The van der Waals surface area contributed by atoms with Crippen LogP contribution in [0.1, 0.15) is 66.4 Å². The molecule has 0 bridgehead atoms. The first-order chi connectivity index (χ1) is 20.2.